The highest BCUT2D eigenvalue weighted by Crippen LogP contribution is 2.30. The Morgan fingerprint density at radius 1 is 0.710 bits per heavy atom. The Balaban J connectivity index is 1.70. The van der Waals surface area contributed by atoms with Gasteiger partial charge in [0.2, 0.25) is 6.29 Å². The molecule has 0 aromatic heterocycles. The second-order valence-corrected chi connectivity index (χ2v) is 7.30. The smallest absolute Gasteiger partial charge is 0.229 e. The average Bonchev–Trinajstić information content (AvgIpc) is 2.79. The normalized spacial score (nSPS) is 41.0. The van der Waals surface area contributed by atoms with E-state index in [1.165, 1.54) is 7.11 Å². The van der Waals surface area contributed by atoms with Crippen LogP contribution in [0.25, 0.3) is 0 Å². The first kappa shape index (κ1) is 24.1. The van der Waals surface area contributed by atoms with E-state index in [0.29, 0.717) is 11.5 Å². The van der Waals surface area contributed by atoms with Gasteiger partial charge in [0.25, 0.3) is 0 Å². The maximum atomic E-state index is 10.6. The summed E-state index contributed by atoms with van der Waals surface area (Å²) in [6, 6.07) is 6.36. The molecule has 2 fully saturated rings. The number of methoxy groups -OCH3 is 1. The van der Waals surface area contributed by atoms with Crippen LogP contribution in [-0.2, 0) is 14.2 Å². The molecule has 0 spiro atoms. The molecule has 0 saturated carbocycles. The molecule has 2 aliphatic rings. The van der Waals surface area contributed by atoms with E-state index in [9.17, 15) is 35.7 Å². The van der Waals surface area contributed by atoms with Crippen molar-refractivity contribution in [1.82, 2.24) is 0 Å². The topological polar surface area (TPSA) is 188 Å². The van der Waals surface area contributed by atoms with E-state index in [-0.39, 0.29) is 0 Å². The lowest BCUT2D eigenvalue weighted by Gasteiger charge is -2.45. The molecule has 3 rings (SSSR count). The van der Waals surface area contributed by atoms with Crippen LogP contribution in [-0.4, -0.2) is 117 Å². The Bertz CT molecular complexity index is 683. The van der Waals surface area contributed by atoms with Gasteiger partial charge in [0.05, 0.1) is 20.3 Å². The summed E-state index contributed by atoms with van der Waals surface area (Å²) in [5.41, 5.74) is 0. The molecule has 7 N–H and O–H groups in total. The zero-order valence-electron chi connectivity index (χ0n) is 16.7. The largest absolute Gasteiger partial charge is 0.497 e. The molecule has 0 aliphatic carbocycles. The molecule has 1 aromatic carbocycles. The zero-order valence-corrected chi connectivity index (χ0v) is 16.7. The van der Waals surface area contributed by atoms with Crippen LogP contribution < -0.4 is 9.47 Å². The van der Waals surface area contributed by atoms with Crippen LogP contribution in [0, 0.1) is 0 Å². The first-order valence-electron chi connectivity index (χ1n) is 9.69. The van der Waals surface area contributed by atoms with Crippen molar-refractivity contribution in [2.45, 2.75) is 61.4 Å². The van der Waals surface area contributed by atoms with Crippen molar-refractivity contribution in [3.63, 3.8) is 0 Å². The Hall–Kier alpha value is -1.58. The number of benzene rings is 1. The van der Waals surface area contributed by atoms with Gasteiger partial charge in [-0.2, -0.15) is 0 Å². The van der Waals surface area contributed by atoms with E-state index in [0.717, 1.165) is 0 Å². The first-order valence-corrected chi connectivity index (χ1v) is 9.69. The van der Waals surface area contributed by atoms with Crippen molar-refractivity contribution in [3.8, 4) is 11.5 Å². The van der Waals surface area contributed by atoms with Gasteiger partial charge in [-0.25, -0.2) is 0 Å². The molecule has 12 heteroatoms. The Morgan fingerprint density at radius 2 is 1.26 bits per heavy atom. The maximum absolute atomic E-state index is 10.6. The number of hydrogen-bond donors (Lipinski definition) is 7. The number of hydrogen-bond acceptors (Lipinski definition) is 12. The van der Waals surface area contributed by atoms with Crippen molar-refractivity contribution < 1.29 is 59.4 Å². The molecular weight excluding hydrogens is 420 g/mol. The second kappa shape index (κ2) is 10.4. The lowest BCUT2D eigenvalue weighted by molar-refractivity contribution is -0.352. The third kappa shape index (κ3) is 5.09. The molecule has 12 nitrogen and oxygen atoms in total. The fraction of sp³-hybridized carbons (Fsp3) is 0.684. The summed E-state index contributed by atoms with van der Waals surface area (Å²) in [6.45, 7) is -1.31. The molecule has 1 aromatic rings. The van der Waals surface area contributed by atoms with E-state index in [4.69, 9.17) is 23.7 Å². The van der Waals surface area contributed by atoms with Gasteiger partial charge in [0.15, 0.2) is 6.29 Å². The molecule has 0 amide bonds. The predicted octanol–water partition coefficient (Wildman–Crippen LogP) is -3.30. The highest BCUT2D eigenvalue weighted by atomic mass is 16.7. The van der Waals surface area contributed by atoms with Crippen LogP contribution in [0.1, 0.15) is 0 Å². The molecular formula is C19H28O12. The highest BCUT2D eigenvalue weighted by Gasteiger charge is 2.51. The summed E-state index contributed by atoms with van der Waals surface area (Å²) in [4.78, 5) is 0. The van der Waals surface area contributed by atoms with E-state index in [2.05, 4.69) is 0 Å². The lowest BCUT2D eigenvalue weighted by Crippen LogP contribution is -2.65. The van der Waals surface area contributed by atoms with Crippen LogP contribution >= 0.6 is 0 Å². The summed E-state index contributed by atoms with van der Waals surface area (Å²) in [5, 5.41) is 69.9. The third-order valence-electron chi connectivity index (χ3n) is 5.27. The van der Waals surface area contributed by atoms with Crippen molar-refractivity contribution in [2.75, 3.05) is 20.3 Å². The Morgan fingerprint density at radius 3 is 1.84 bits per heavy atom. The molecule has 31 heavy (non-hydrogen) atoms. The molecule has 0 bridgehead atoms. The minimum absolute atomic E-state index is 0.307. The maximum Gasteiger partial charge on any atom is 0.229 e. The van der Waals surface area contributed by atoms with Gasteiger partial charge >= 0.3 is 0 Å². The number of ether oxygens (including phenoxy) is 5. The second-order valence-electron chi connectivity index (χ2n) is 7.30. The fourth-order valence-electron chi connectivity index (χ4n) is 3.44. The van der Waals surface area contributed by atoms with Crippen molar-refractivity contribution in [1.29, 1.82) is 0 Å². The standard InChI is InChI=1S/C19H28O12/c1-27-8-2-4-9(5-3-8)28-18-16(26)14(24)17(11(7-21)30-18)31-19-15(25)13(23)12(22)10(6-20)29-19/h2-5,10-26H,6-7H2,1H3/t10-,11-,12+,13+,14-,15-,16-,17-,18-,19+/m1/s1. The minimum atomic E-state index is -1.73. The number of rotatable bonds is 7. The molecule has 10 atom stereocenters. The summed E-state index contributed by atoms with van der Waals surface area (Å²) in [6.07, 6.45) is -15.0. The van der Waals surface area contributed by atoms with Crippen LogP contribution in [0.15, 0.2) is 24.3 Å². The lowest BCUT2D eigenvalue weighted by atomic mass is 9.97. The summed E-state index contributed by atoms with van der Waals surface area (Å²) < 4.78 is 26.9. The number of aliphatic hydroxyl groups excluding tert-OH is 7. The van der Waals surface area contributed by atoms with Gasteiger partial charge in [-0.1, -0.05) is 0 Å². The van der Waals surface area contributed by atoms with Gasteiger partial charge in [-0.15, -0.1) is 0 Å². The monoisotopic (exact) mass is 448 g/mol. The van der Waals surface area contributed by atoms with Gasteiger partial charge in [-0.05, 0) is 24.3 Å². The van der Waals surface area contributed by atoms with Gasteiger partial charge in [0.1, 0.15) is 60.3 Å². The minimum Gasteiger partial charge on any atom is -0.497 e. The van der Waals surface area contributed by atoms with E-state index >= 15 is 0 Å². The molecule has 2 saturated heterocycles. The average molecular weight is 448 g/mol. The van der Waals surface area contributed by atoms with E-state index in [1.807, 2.05) is 0 Å². The van der Waals surface area contributed by atoms with E-state index in [1.54, 1.807) is 24.3 Å². The molecule has 176 valence electrons. The molecule has 0 unspecified atom stereocenters. The Labute approximate surface area is 177 Å². The van der Waals surface area contributed by atoms with Crippen LogP contribution in [0.5, 0.6) is 11.5 Å². The third-order valence-corrected chi connectivity index (χ3v) is 5.27. The highest BCUT2D eigenvalue weighted by molar-refractivity contribution is 5.31. The van der Waals surface area contributed by atoms with Crippen LogP contribution in [0.3, 0.4) is 0 Å². The number of aliphatic hydroxyl groups is 7. The van der Waals surface area contributed by atoms with Crippen molar-refractivity contribution >= 4 is 0 Å². The van der Waals surface area contributed by atoms with E-state index < -0.39 is 74.6 Å². The van der Waals surface area contributed by atoms with Gasteiger partial charge in [-0.3, -0.25) is 0 Å². The molecule has 2 aliphatic heterocycles. The van der Waals surface area contributed by atoms with Crippen molar-refractivity contribution in [2.24, 2.45) is 0 Å². The van der Waals surface area contributed by atoms with Gasteiger partial charge in [0, 0.05) is 0 Å². The fourth-order valence-corrected chi connectivity index (χ4v) is 3.44. The summed E-state index contributed by atoms with van der Waals surface area (Å²) in [5.74, 6) is 0.890. The molecule has 0 radical (unpaired) electrons. The van der Waals surface area contributed by atoms with Crippen LogP contribution in [0.2, 0.25) is 0 Å². The Kier molecular flexibility index (Phi) is 8.04. The quantitative estimate of drug-likeness (QED) is 0.220. The van der Waals surface area contributed by atoms with Crippen LogP contribution in [0.4, 0.5) is 0 Å². The molecule has 2 heterocycles. The first-order chi connectivity index (χ1) is 14.8. The van der Waals surface area contributed by atoms with Gasteiger partial charge < -0.3 is 59.4 Å². The summed E-state index contributed by atoms with van der Waals surface area (Å²) in [7, 11) is 1.50. The zero-order chi connectivity index (χ0) is 22.7. The summed E-state index contributed by atoms with van der Waals surface area (Å²) >= 11 is 0. The van der Waals surface area contributed by atoms with Crippen molar-refractivity contribution in [3.05, 3.63) is 24.3 Å². The SMILES string of the molecule is COc1ccc(O[C@@H]2O[C@H](CO)[C@@H](O[C@@H]3O[C@H](CO)[C@H](O)[C@H](O)[C@H]3O)[C@H](O)[C@H]2O)cc1. The predicted molar refractivity (Wildman–Crippen MR) is 100 cm³/mol.